The van der Waals surface area contributed by atoms with Crippen LogP contribution in [-0.4, -0.2) is 14.5 Å². The van der Waals surface area contributed by atoms with Crippen molar-refractivity contribution in [1.29, 1.82) is 0 Å². The molecule has 0 saturated heterocycles. The van der Waals surface area contributed by atoms with Crippen molar-refractivity contribution in [3.8, 4) is 22.5 Å². The molecule has 2 aromatic heterocycles. The fourth-order valence-corrected chi connectivity index (χ4v) is 2.54. The fraction of sp³-hybridized carbons (Fsp3) is 0.176. The average molecular weight is 297 g/mol. The quantitative estimate of drug-likeness (QED) is 0.802. The summed E-state index contributed by atoms with van der Waals surface area (Å²) in [5, 5.41) is 0. The summed E-state index contributed by atoms with van der Waals surface area (Å²) in [7, 11) is 0. The van der Waals surface area contributed by atoms with E-state index in [4.69, 9.17) is 0 Å². The number of halogens is 1. The van der Waals surface area contributed by atoms with Gasteiger partial charge in [-0.1, -0.05) is 6.92 Å². The molecule has 1 N–H and O–H groups in total. The molecule has 0 bridgehead atoms. The molecule has 0 saturated carbocycles. The lowest BCUT2D eigenvalue weighted by atomic mass is 10.1. The smallest absolute Gasteiger partial charge is 0.305 e. The number of hydrogen-bond donors (Lipinski definition) is 1. The van der Waals surface area contributed by atoms with Gasteiger partial charge in [-0.2, -0.15) is 0 Å². The van der Waals surface area contributed by atoms with E-state index in [1.165, 1.54) is 12.1 Å². The molecule has 4 nitrogen and oxygen atoms in total. The highest BCUT2D eigenvalue weighted by molar-refractivity contribution is 5.78. The van der Waals surface area contributed by atoms with Gasteiger partial charge in [-0.05, 0) is 42.8 Å². The zero-order chi connectivity index (χ0) is 15.5. The first-order valence-electron chi connectivity index (χ1n) is 7.20. The normalized spacial score (nSPS) is 10.8. The molecule has 5 heteroatoms. The molecule has 0 fully saturated rings. The summed E-state index contributed by atoms with van der Waals surface area (Å²) in [6.07, 6.45) is 4.23. The van der Waals surface area contributed by atoms with E-state index in [2.05, 4.69) is 9.97 Å². The van der Waals surface area contributed by atoms with Gasteiger partial charge in [0, 0.05) is 30.1 Å². The minimum absolute atomic E-state index is 0.159. The van der Waals surface area contributed by atoms with Gasteiger partial charge in [-0.25, -0.2) is 9.18 Å². The summed E-state index contributed by atoms with van der Waals surface area (Å²) in [5.74, 6) is -0.301. The molecular formula is C17H16FN3O. The van der Waals surface area contributed by atoms with Crippen LogP contribution in [0.1, 0.15) is 13.3 Å². The number of imidazole rings is 1. The molecule has 0 aliphatic rings. The Morgan fingerprint density at radius 3 is 2.41 bits per heavy atom. The van der Waals surface area contributed by atoms with Crippen LogP contribution in [0.25, 0.3) is 22.5 Å². The summed E-state index contributed by atoms with van der Waals surface area (Å²) in [4.78, 5) is 19.2. The van der Waals surface area contributed by atoms with E-state index in [0.29, 0.717) is 12.2 Å². The van der Waals surface area contributed by atoms with Crippen molar-refractivity contribution in [3.63, 3.8) is 0 Å². The Kier molecular flexibility index (Phi) is 3.87. The van der Waals surface area contributed by atoms with Gasteiger partial charge in [0.05, 0.1) is 11.4 Å². The molecule has 22 heavy (non-hydrogen) atoms. The van der Waals surface area contributed by atoms with Crippen molar-refractivity contribution >= 4 is 0 Å². The van der Waals surface area contributed by atoms with E-state index < -0.39 is 0 Å². The monoisotopic (exact) mass is 297 g/mol. The summed E-state index contributed by atoms with van der Waals surface area (Å²) in [6.45, 7) is 2.64. The molecule has 0 amide bonds. The molecule has 0 unspecified atom stereocenters. The Bertz CT molecular complexity index is 819. The molecule has 0 spiro atoms. The molecule has 0 aliphatic carbocycles. The largest absolute Gasteiger partial charge is 0.326 e. The van der Waals surface area contributed by atoms with Gasteiger partial charge in [0.15, 0.2) is 0 Å². The lowest BCUT2D eigenvalue weighted by molar-refractivity contribution is 0.628. The van der Waals surface area contributed by atoms with E-state index in [9.17, 15) is 9.18 Å². The second kappa shape index (κ2) is 5.97. The minimum atomic E-state index is -0.301. The van der Waals surface area contributed by atoms with Crippen molar-refractivity contribution in [2.75, 3.05) is 0 Å². The molecule has 2 heterocycles. The van der Waals surface area contributed by atoms with Crippen LogP contribution < -0.4 is 5.69 Å². The van der Waals surface area contributed by atoms with Gasteiger partial charge in [0.1, 0.15) is 5.82 Å². The lowest BCUT2D eigenvalue weighted by Gasteiger charge is -2.09. The average Bonchev–Trinajstić information content (AvgIpc) is 2.86. The van der Waals surface area contributed by atoms with Crippen LogP contribution in [0.4, 0.5) is 4.39 Å². The van der Waals surface area contributed by atoms with E-state index in [1.54, 1.807) is 29.1 Å². The molecule has 0 radical (unpaired) electrons. The summed E-state index contributed by atoms with van der Waals surface area (Å²) < 4.78 is 14.9. The molecule has 1 aromatic carbocycles. The zero-order valence-corrected chi connectivity index (χ0v) is 12.2. The number of nitrogens with one attached hydrogen (secondary N) is 1. The van der Waals surface area contributed by atoms with Crippen LogP contribution >= 0.6 is 0 Å². The van der Waals surface area contributed by atoms with E-state index in [-0.39, 0.29) is 11.5 Å². The van der Waals surface area contributed by atoms with Crippen molar-refractivity contribution < 1.29 is 4.39 Å². The third kappa shape index (κ3) is 2.57. The third-order valence-electron chi connectivity index (χ3n) is 3.52. The molecule has 3 rings (SSSR count). The number of pyridine rings is 1. The highest BCUT2D eigenvalue weighted by Crippen LogP contribution is 2.29. The topological polar surface area (TPSA) is 50.7 Å². The summed E-state index contributed by atoms with van der Waals surface area (Å²) in [6, 6.07) is 9.84. The maximum atomic E-state index is 13.1. The van der Waals surface area contributed by atoms with Gasteiger partial charge < -0.3 is 4.98 Å². The second-order valence-electron chi connectivity index (χ2n) is 5.05. The van der Waals surface area contributed by atoms with Gasteiger partial charge in [0.25, 0.3) is 0 Å². The predicted molar refractivity (Wildman–Crippen MR) is 84.0 cm³/mol. The Morgan fingerprint density at radius 2 is 1.77 bits per heavy atom. The summed E-state index contributed by atoms with van der Waals surface area (Å²) >= 11 is 0. The Morgan fingerprint density at radius 1 is 1.09 bits per heavy atom. The van der Waals surface area contributed by atoms with E-state index in [0.717, 1.165) is 23.2 Å². The van der Waals surface area contributed by atoms with E-state index >= 15 is 0 Å². The first kappa shape index (κ1) is 14.3. The Labute approximate surface area is 127 Å². The molecule has 3 aromatic rings. The molecule has 0 aliphatic heterocycles. The predicted octanol–water partition coefficient (Wildman–Crippen LogP) is 3.45. The second-order valence-corrected chi connectivity index (χ2v) is 5.05. The van der Waals surface area contributed by atoms with Gasteiger partial charge >= 0.3 is 5.69 Å². The van der Waals surface area contributed by atoms with Gasteiger partial charge in [-0.3, -0.25) is 9.55 Å². The minimum Gasteiger partial charge on any atom is -0.305 e. The zero-order valence-electron chi connectivity index (χ0n) is 12.2. The molecule has 112 valence electrons. The highest BCUT2D eigenvalue weighted by Gasteiger charge is 2.16. The first-order chi connectivity index (χ1) is 10.7. The van der Waals surface area contributed by atoms with Crippen LogP contribution in [0.15, 0.2) is 53.6 Å². The lowest BCUT2D eigenvalue weighted by Crippen LogP contribution is -2.17. The summed E-state index contributed by atoms with van der Waals surface area (Å²) in [5.41, 5.74) is 3.03. The van der Waals surface area contributed by atoms with Crippen LogP contribution in [0.2, 0.25) is 0 Å². The third-order valence-corrected chi connectivity index (χ3v) is 3.52. The number of nitrogens with zero attached hydrogens (tertiary/aromatic N) is 2. The number of aromatic amines is 1. The van der Waals surface area contributed by atoms with Crippen molar-refractivity contribution in [3.05, 3.63) is 65.1 Å². The number of hydrogen-bond acceptors (Lipinski definition) is 2. The van der Waals surface area contributed by atoms with Crippen molar-refractivity contribution in [2.45, 2.75) is 19.9 Å². The standard InChI is InChI=1S/C17H16FN3O/c1-2-11-21-16(13-7-9-19-10-8-13)15(20-17(21)22)12-3-5-14(18)6-4-12/h3-10H,2,11H2,1H3,(H,20,22). The van der Waals surface area contributed by atoms with Crippen LogP contribution in [0.3, 0.4) is 0 Å². The maximum absolute atomic E-state index is 13.1. The number of aromatic nitrogens is 3. The van der Waals surface area contributed by atoms with Crippen LogP contribution in [0.5, 0.6) is 0 Å². The van der Waals surface area contributed by atoms with Gasteiger partial charge in [-0.15, -0.1) is 0 Å². The number of H-pyrrole nitrogens is 1. The number of benzene rings is 1. The highest BCUT2D eigenvalue weighted by atomic mass is 19.1. The first-order valence-corrected chi connectivity index (χ1v) is 7.20. The van der Waals surface area contributed by atoms with Crippen molar-refractivity contribution in [2.24, 2.45) is 0 Å². The fourth-order valence-electron chi connectivity index (χ4n) is 2.54. The van der Waals surface area contributed by atoms with Gasteiger partial charge in [0.2, 0.25) is 0 Å². The SMILES string of the molecule is CCCn1c(-c2ccncc2)c(-c2ccc(F)cc2)[nH]c1=O. The molecular weight excluding hydrogens is 281 g/mol. The van der Waals surface area contributed by atoms with Crippen molar-refractivity contribution in [1.82, 2.24) is 14.5 Å². The Hall–Kier alpha value is -2.69. The van der Waals surface area contributed by atoms with Crippen LogP contribution in [-0.2, 0) is 6.54 Å². The van der Waals surface area contributed by atoms with Crippen LogP contribution in [0, 0.1) is 5.82 Å². The van der Waals surface area contributed by atoms with E-state index in [1.807, 2.05) is 19.1 Å². The maximum Gasteiger partial charge on any atom is 0.326 e. The molecule has 0 atom stereocenters. The Balaban J connectivity index is 2.24. The number of rotatable bonds is 4.